The van der Waals surface area contributed by atoms with Crippen molar-refractivity contribution in [1.82, 2.24) is 14.5 Å². The molecule has 0 atom stereocenters. The van der Waals surface area contributed by atoms with E-state index in [0.717, 1.165) is 41.8 Å². The van der Waals surface area contributed by atoms with Crippen molar-refractivity contribution < 1.29 is 0 Å². The molecule has 94 valence electrons. The number of nitrogens with zero attached hydrogens (tertiary/aromatic N) is 4. The average Bonchev–Trinajstić information content (AvgIpc) is 2.70. The van der Waals surface area contributed by atoms with Crippen LogP contribution in [0.4, 0.5) is 0 Å². The number of aromatic nitrogens is 3. The summed E-state index contributed by atoms with van der Waals surface area (Å²) in [6, 6.07) is 4.25. The predicted octanol–water partition coefficient (Wildman–Crippen LogP) is 3.00. The van der Waals surface area contributed by atoms with Crippen LogP contribution in [0.2, 0.25) is 0 Å². The maximum absolute atomic E-state index is 8.74. The first-order chi connectivity index (χ1) is 8.76. The second-order valence-electron chi connectivity index (χ2n) is 4.55. The Morgan fingerprint density at radius 2 is 2.28 bits per heavy atom. The highest BCUT2D eigenvalue weighted by atomic mass is 15.1. The summed E-state index contributed by atoms with van der Waals surface area (Å²) in [4.78, 5) is 9.11. The van der Waals surface area contributed by atoms with Gasteiger partial charge in [-0.2, -0.15) is 5.26 Å². The summed E-state index contributed by atoms with van der Waals surface area (Å²) >= 11 is 0. The molecule has 0 aliphatic carbocycles. The molecule has 4 nitrogen and oxygen atoms in total. The summed E-state index contributed by atoms with van der Waals surface area (Å²) in [6.07, 6.45) is 5.58. The van der Waals surface area contributed by atoms with E-state index in [-0.39, 0.29) is 0 Å². The van der Waals surface area contributed by atoms with Crippen LogP contribution in [-0.2, 0) is 13.0 Å². The molecule has 0 aliphatic heterocycles. The van der Waals surface area contributed by atoms with Gasteiger partial charge in [-0.3, -0.25) is 0 Å². The van der Waals surface area contributed by atoms with Crippen LogP contribution in [0.5, 0.6) is 0 Å². The molecule has 2 rings (SSSR count). The number of aryl methyl sites for hydroxylation is 3. The number of unbranched alkanes of at least 4 members (excludes halogenated alkanes) is 1. The Hall–Kier alpha value is -1.89. The number of hydrogen-bond acceptors (Lipinski definition) is 3. The molecule has 0 aliphatic rings. The van der Waals surface area contributed by atoms with Crippen LogP contribution in [0.1, 0.15) is 37.6 Å². The highest BCUT2D eigenvalue weighted by Crippen LogP contribution is 2.17. The third-order valence-electron chi connectivity index (χ3n) is 3.00. The number of nitriles is 1. The van der Waals surface area contributed by atoms with Crippen molar-refractivity contribution in [2.24, 2.45) is 0 Å². The van der Waals surface area contributed by atoms with Gasteiger partial charge in [0.2, 0.25) is 0 Å². The summed E-state index contributed by atoms with van der Waals surface area (Å²) in [5.41, 5.74) is 2.97. The monoisotopic (exact) mass is 242 g/mol. The van der Waals surface area contributed by atoms with Gasteiger partial charge in [0.15, 0.2) is 5.65 Å². The fourth-order valence-corrected chi connectivity index (χ4v) is 2.08. The molecule has 0 aromatic carbocycles. The molecule has 2 aromatic rings. The van der Waals surface area contributed by atoms with Crippen molar-refractivity contribution in [3.05, 3.63) is 23.7 Å². The Kier molecular flexibility index (Phi) is 3.93. The molecule has 0 fully saturated rings. The molecule has 4 heteroatoms. The smallest absolute Gasteiger partial charge is 0.160 e. The molecule has 0 bridgehead atoms. The fourth-order valence-electron chi connectivity index (χ4n) is 2.08. The lowest BCUT2D eigenvalue weighted by Crippen LogP contribution is -2.04. The molecule has 2 heterocycles. The van der Waals surface area contributed by atoms with Crippen LogP contribution in [-0.4, -0.2) is 14.5 Å². The normalized spacial score (nSPS) is 10.7. The molecule has 0 N–H and O–H groups in total. The first-order valence-corrected chi connectivity index (χ1v) is 6.45. The van der Waals surface area contributed by atoms with Crippen LogP contribution >= 0.6 is 0 Å². The standard InChI is InChI=1S/C14H18N4/c1-3-4-6-13-17-12-9-11(2)10-16-14(12)18(13)8-5-7-15/h9-10H,3-6,8H2,1-2H3. The van der Waals surface area contributed by atoms with Crippen molar-refractivity contribution in [2.75, 3.05) is 0 Å². The van der Waals surface area contributed by atoms with E-state index >= 15 is 0 Å². The zero-order chi connectivity index (χ0) is 13.0. The zero-order valence-electron chi connectivity index (χ0n) is 11.0. The number of pyridine rings is 1. The van der Waals surface area contributed by atoms with Gasteiger partial charge in [-0.05, 0) is 25.0 Å². The van der Waals surface area contributed by atoms with Gasteiger partial charge in [0, 0.05) is 19.2 Å². The van der Waals surface area contributed by atoms with E-state index in [1.54, 1.807) is 0 Å². The Labute approximate surface area is 107 Å². The molecule has 18 heavy (non-hydrogen) atoms. The van der Waals surface area contributed by atoms with Crippen molar-refractivity contribution in [2.45, 2.75) is 46.1 Å². The summed E-state index contributed by atoms with van der Waals surface area (Å²) in [5, 5.41) is 8.74. The fraction of sp³-hybridized carbons (Fsp3) is 0.500. The van der Waals surface area contributed by atoms with Gasteiger partial charge in [0.05, 0.1) is 12.5 Å². The molecule has 0 radical (unpaired) electrons. The maximum Gasteiger partial charge on any atom is 0.160 e. The van der Waals surface area contributed by atoms with E-state index in [4.69, 9.17) is 5.26 Å². The Bertz CT molecular complexity index is 577. The maximum atomic E-state index is 8.74. The van der Waals surface area contributed by atoms with Gasteiger partial charge in [-0.25, -0.2) is 9.97 Å². The summed E-state index contributed by atoms with van der Waals surface area (Å²) < 4.78 is 2.09. The topological polar surface area (TPSA) is 54.5 Å². The molecule has 2 aromatic heterocycles. The number of hydrogen-bond donors (Lipinski definition) is 0. The minimum Gasteiger partial charge on any atom is -0.312 e. The number of imidazole rings is 1. The van der Waals surface area contributed by atoms with Gasteiger partial charge < -0.3 is 4.57 Å². The van der Waals surface area contributed by atoms with Crippen LogP contribution in [0.15, 0.2) is 12.3 Å². The van der Waals surface area contributed by atoms with Crippen LogP contribution in [0, 0.1) is 18.3 Å². The molecular weight excluding hydrogens is 224 g/mol. The van der Waals surface area contributed by atoms with E-state index in [1.165, 1.54) is 0 Å². The largest absolute Gasteiger partial charge is 0.312 e. The molecular formula is C14H18N4. The summed E-state index contributed by atoms with van der Waals surface area (Å²) in [5.74, 6) is 1.06. The molecule has 0 amide bonds. The minimum atomic E-state index is 0.500. The predicted molar refractivity (Wildman–Crippen MR) is 71.1 cm³/mol. The SMILES string of the molecule is CCCCc1nc2cc(C)cnc2n1CCC#N. The first kappa shape index (κ1) is 12.6. The van der Waals surface area contributed by atoms with Crippen molar-refractivity contribution >= 4 is 11.2 Å². The van der Waals surface area contributed by atoms with E-state index in [2.05, 4.69) is 33.6 Å². The molecule has 0 unspecified atom stereocenters. The van der Waals surface area contributed by atoms with Gasteiger partial charge in [-0.1, -0.05) is 13.3 Å². The number of fused-ring (bicyclic) bond motifs is 1. The second-order valence-corrected chi connectivity index (χ2v) is 4.55. The first-order valence-electron chi connectivity index (χ1n) is 6.45. The molecule has 0 spiro atoms. The van der Waals surface area contributed by atoms with Gasteiger partial charge in [0.1, 0.15) is 11.3 Å². The van der Waals surface area contributed by atoms with E-state index < -0.39 is 0 Å². The highest BCUT2D eigenvalue weighted by molar-refractivity contribution is 5.72. The highest BCUT2D eigenvalue weighted by Gasteiger charge is 2.11. The summed E-state index contributed by atoms with van der Waals surface area (Å²) in [7, 11) is 0. The lowest BCUT2D eigenvalue weighted by molar-refractivity contribution is 0.650. The summed E-state index contributed by atoms with van der Waals surface area (Å²) in [6.45, 7) is 4.87. The Morgan fingerprint density at radius 3 is 3.00 bits per heavy atom. The molecule has 0 saturated heterocycles. The quantitative estimate of drug-likeness (QED) is 0.809. The number of rotatable bonds is 5. The third kappa shape index (κ3) is 2.51. The van der Waals surface area contributed by atoms with Crippen molar-refractivity contribution in [1.29, 1.82) is 5.26 Å². The Balaban J connectivity index is 2.43. The van der Waals surface area contributed by atoms with Crippen LogP contribution in [0.25, 0.3) is 11.2 Å². The van der Waals surface area contributed by atoms with E-state index in [0.29, 0.717) is 13.0 Å². The average molecular weight is 242 g/mol. The third-order valence-corrected chi connectivity index (χ3v) is 3.00. The van der Waals surface area contributed by atoms with Gasteiger partial charge in [0.25, 0.3) is 0 Å². The second kappa shape index (κ2) is 5.63. The van der Waals surface area contributed by atoms with Gasteiger partial charge >= 0.3 is 0 Å². The minimum absolute atomic E-state index is 0.500. The lowest BCUT2D eigenvalue weighted by Gasteiger charge is -2.05. The van der Waals surface area contributed by atoms with Gasteiger partial charge in [-0.15, -0.1) is 0 Å². The Morgan fingerprint density at radius 1 is 1.44 bits per heavy atom. The zero-order valence-corrected chi connectivity index (χ0v) is 11.0. The van der Waals surface area contributed by atoms with Crippen LogP contribution < -0.4 is 0 Å². The van der Waals surface area contributed by atoms with E-state index in [9.17, 15) is 0 Å². The van der Waals surface area contributed by atoms with E-state index in [1.807, 2.05) is 13.1 Å². The van der Waals surface area contributed by atoms with Crippen molar-refractivity contribution in [3.8, 4) is 6.07 Å². The molecule has 0 saturated carbocycles. The lowest BCUT2D eigenvalue weighted by atomic mass is 10.2. The van der Waals surface area contributed by atoms with Crippen LogP contribution in [0.3, 0.4) is 0 Å². The van der Waals surface area contributed by atoms with Crippen molar-refractivity contribution in [3.63, 3.8) is 0 Å².